The first-order chi connectivity index (χ1) is 6.18. The third kappa shape index (κ3) is 3.88. The van der Waals surface area contributed by atoms with E-state index in [9.17, 15) is 4.21 Å². The average Bonchev–Trinajstić information content (AvgIpc) is 2.45. The van der Waals surface area contributed by atoms with E-state index >= 15 is 0 Å². The Labute approximate surface area is 78.4 Å². The van der Waals surface area contributed by atoms with Crippen molar-refractivity contribution in [1.29, 1.82) is 0 Å². The molecule has 0 radical (unpaired) electrons. The Balaban J connectivity index is 2.16. The first kappa shape index (κ1) is 9.97. The van der Waals surface area contributed by atoms with Crippen LogP contribution in [0.4, 0.5) is 12.0 Å². The van der Waals surface area contributed by atoms with Crippen molar-refractivity contribution in [1.82, 2.24) is 10.2 Å². The lowest BCUT2D eigenvalue weighted by Gasteiger charge is -1.98. The second-order valence-electron chi connectivity index (χ2n) is 2.50. The summed E-state index contributed by atoms with van der Waals surface area (Å²) >= 11 is 0. The van der Waals surface area contributed by atoms with E-state index in [1.165, 1.54) is 0 Å². The van der Waals surface area contributed by atoms with Gasteiger partial charge in [-0.25, -0.2) is 0 Å². The van der Waals surface area contributed by atoms with E-state index in [4.69, 9.17) is 10.2 Å². The van der Waals surface area contributed by atoms with Gasteiger partial charge in [0.25, 0.3) is 0 Å². The van der Waals surface area contributed by atoms with Gasteiger partial charge in [0.2, 0.25) is 0 Å². The summed E-state index contributed by atoms with van der Waals surface area (Å²) in [6.45, 7) is 0.654. The van der Waals surface area contributed by atoms with E-state index in [-0.39, 0.29) is 6.01 Å². The number of hydrogen-bond acceptors (Lipinski definition) is 6. The Morgan fingerprint density at radius 3 is 2.92 bits per heavy atom. The van der Waals surface area contributed by atoms with Gasteiger partial charge in [-0.2, -0.15) is 0 Å². The average molecular weight is 204 g/mol. The molecule has 1 aromatic heterocycles. The van der Waals surface area contributed by atoms with Crippen LogP contribution in [-0.2, 0) is 10.8 Å². The SMILES string of the molecule is CS(=O)CCCNc1nnc(N)o1. The highest BCUT2D eigenvalue weighted by Gasteiger charge is 2.00. The van der Waals surface area contributed by atoms with Crippen LogP contribution in [0.2, 0.25) is 0 Å². The molecule has 1 rings (SSSR count). The molecule has 1 aromatic rings. The third-order valence-electron chi connectivity index (χ3n) is 1.33. The molecule has 0 fully saturated rings. The largest absolute Gasteiger partial charge is 0.390 e. The molecule has 0 aliphatic carbocycles. The maximum Gasteiger partial charge on any atom is 0.316 e. The zero-order valence-corrected chi connectivity index (χ0v) is 8.13. The Morgan fingerprint density at radius 1 is 1.62 bits per heavy atom. The number of anilines is 2. The van der Waals surface area contributed by atoms with Crippen LogP contribution in [0.5, 0.6) is 0 Å². The molecule has 1 atom stereocenters. The molecule has 0 saturated carbocycles. The van der Waals surface area contributed by atoms with Crippen LogP contribution in [0.1, 0.15) is 6.42 Å². The summed E-state index contributed by atoms with van der Waals surface area (Å²) in [5.41, 5.74) is 5.20. The van der Waals surface area contributed by atoms with Gasteiger partial charge in [-0.15, -0.1) is 0 Å². The van der Waals surface area contributed by atoms with Gasteiger partial charge in [0.15, 0.2) is 0 Å². The Morgan fingerprint density at radius 2 is 2.38 bits per heavy atom. The lowest BCUT2D eigenvalue weighted by atomic mass is 10.5. The molecule has 74 valence electrons. The number of hydrogen-bond donors (Lipinski definition) is 2. The second kappa shape index (κ2) is 4.80. The molecule has 0 aliphatic rings. The van der Waals surface area contributed by atoms with Gasteiger partial charge in [0.05, 0.1) is 0 Å². The Hall–Kier alpha value is -1.11. The predicted molar refractivity (Wildman–Crippen MR) is 50.8 cm³/mol. The van der Waals surface area contributed by atoms with Gasteiger partial charge in [-0.3, -0.25) is 4.21 Å². The summed E-state index contributed by atoms with van der Waals surface area (Å²) in [6, 6.07) is 0.348. The molecule has 0 spiro atoms. The minimum Gasteiger partial charge on any atom is -0.390 e. The van der Waals surface area contributed by atoms with Crippen molar-refractivity contribution in [2.45, 2.75) is 6.42 Å². The number of aromatic nitrogens is 2. The number of nitrogen functional groups attached to an aromatic ring is 1. The van der Waals surface area contributed by atoms with E-state index in [1.807, 2.05) is 0 Å². The van der Waals surface area contributed by atoms with Crippen LogP contribution < -0.4 is 11.1 Å². The summed E-state index contributed by atoms with van der Waals surface area (Å²) in [5, 5.41) is 9.94. The van der Waals surface area contributed by atoms with Crippen LogP contribution in [0.3, 0.4) is 0 Å². The fraction of sp³-hybridized carbons (Fsp3) is 0.667. The number of nitrogens with zero attached hydrogens (tertiary/aromatic N) is 2. The maximum atomic E-state index is 10.7. The molecule has 7 heteroatoms. The highest BCUT2D eigenvalue weighted by Crippen LogP contribution is 2.05. The van der Waals surface area contributed by atoms with Gasteiger partial charge < -0.3 is 15.5 Å². The number of rotatable bonds is 5. The molecular formula is C6H12N4O2S. The molecule has 6 nitrogen and oxygen atoms in total. The highest BCUT2D eigenvalue weighted by atomic mass is 32.2. The van der Waals surface area contributed by atoms with Gasteiger partial charge >= 0.3 is 12.0 Å². The highest BCUT2D eigenvalue weighted by molar-refractivity contribution is 7.84. The van der Waals surface area contributed by atoms with Gasteiger partial charge in [-0.05, 0) is 6.42 Å². The summed E-state index contributed by atoms with van der Waals surface area (Å²) in [4.78, 5) is 0. The van der Waals surface area contributed by atoms with E-state index in [0.717, 1.165) is 6.42 Å². The standard InChI is InChI=1S/C6H12N4O2S/c1-13(11)4-2-3-8-6-10-9-5(7)12-6/h2-4H2,1H3,(H2,7,9)(H,8,10). The van der Waals surface area contributed by atoms with Crippen molar-refractivity contribution >= 4 is 22.8 Å². The van der Waals surface area contributed by atoms with Crippen molar-refractivity contribution in [3.63, 3.8) is 0 Å². The molecule has 1 unspecified atom stereocenters. The van der Waals surface area contributed by atoms with Crippen LogP contribution in [-0.4, -0.2) is 33.0 Å². The van der Waals surface area contributed by atoms with E-state index in [1.54, 1.807) is 6.26 Å². The minimum atomic E-state index is -0.750. The normalized spacial score (nSPS) is 12.7. The van der Waals surface area contributed by atoms with Gasteiger partial charge in [0.1, 0.15) is 0 Å². The molecule has 0 bridgehead atoms. The topological polar surface area (TPSA) is 94.0 Å². The molecule has 0 aromatic carbocycles. The quantitative estimate of drug-likeness (QED) is 0.647. The second-order valence-corrected chi connectivity index (χ2v) is 4.06. The van der Waals surface area contributed by atoms with E-state index in [0.29, 0.717) is 18.3 Å². The first-order valence-electron chi connectivity index (χ1n) is 3.81. The summed E-state index contributed by atoms with van der Waals surface area (Å²) < 4.78 is 15.5. The monoisotopic (exact) mass is 204 g/mol. The third-order valence-corrected chi connectivity index (χ3v) is 2.19. The summed E-state index contributed by atoms with van der Waals surface area (Å²) in [7, 11) is -0.750. The molecule has 13 heavy (non-hydrogen) atoms. The van der Waals surface area contributed by atoms with Crippen LogP contribution in [0.25, 0.3) is 0 Å². The lowest BCUT2D eigenvalue weighted by molar-refractivity contribution is 0.586. The Bertz CT molecular complexity index is 288. The first-order valence-corrected chi connectivity index (χ1v) is 5.54. The van der Waals surface area contributed by atoms with E-state index in [2.05, 4.69) is 15.5 Å². The van der Waals surface area contributed by atoms with Gasteiger partial charge in [-0.1, -0.05) is 10.2 Å². The number of nitrogens with one attached hydrogen (secondary N) is 1. The van der Waals surface area contributed by atoms with Crippen molar-refractivity contribution < 1.29 is 8.63 Å². The lowest BCUT2D eigenvalue weighted by Crippen LogP contribution is -2.06. The predicted octanol–water partition coefficient (Wildman–Crippen LogP) is -0.168. The molecule has 3 N–H and O–H groups in total. The Kier molecular flexibility index (Phi) is 3.69. The smallest absolute Gasteiger partial charge is 0.316 e. The van der Waals surface area contributed by atoms with Crippen molar-refractivity contribution in [2.75, 3.05) is 29.6 Å². The zero-order chi connectivity index (χ0) is 9.68. The molecule has 0 saturated heterocycles. The number of nitrogens with two attached hydrogens (primary N) is 1. The zero-order valence-electron chi connectivity index (χ0n) is 7.32. The van der Waals surface area contributed by atoms with Crippen LogP contribution >= 0.6 is 0 Å². The van der Waals surface area contributed by atoms with Gasteiger partial charge in [0, 0.05) is 29.4 Å². The molecule has 1 heterocycles. The van der Waals surface area contributed by atoms with Crippen molar-refractivity contribution in [3.8, 4) is 0 Å². The van der Waals surface area contributed by atoms with E-state index < -0.39 is 10.8 Å². The molecular weight excluding hydrogens is 192 g/mol. The maximum absolute atomic E-state index is 10.7. The van der Waals surface area contributed by atoms with Crippen LogP contribution in [0.15, 0.2) is 4.42 Å². The minimum absolute atomic E-state index is 0.0431. The fourth-order valence-corrected chi connectivity index (χ4v) is 1.33. The molecule has 0 amide bonds. The fourth-order valence-electron chi connectivity index (χ4n) is 0.777. The summed E-state index contributed by atoms with van der Waals surface area (Å²) in [6.07, 6.45) is 2.47. The van der Waals surface area contributed by atoms with Crippen molar-refractivity contribution in [2.24, 2.45) is 0 Å². The van der Waals surface area contributed by atoms with Crippen molar-refractivity contribution in [3.05, 3.63) is 0 Å². The summed E-state index contributed by atoms with van der Waals surface area (Å²) in [5.74, 6) is 0.663. The van der Waals surface area contributed by atoms with Crippen LogP contribution in [0, 0.1) is 0 Å². The molecule has 0 aliphatic heterocycles.